The number of ether oxygens (including phenoxy) is 1. The second-order valence-electron chi connectivity index (χ2n) is 11.5. The van der Waals surface area contributed by atoms with Gasteiger partial charge in [0.15, 0.2) is 5.78 Å². The predicted molar refractivity (Wildman–Crippen MR) is 177 cm³/mol. The third-order valence-electron chi connectivity index (χ3n) is 8.35. The van der Waals surface area contributed by atoms with E-state index in [1.807, 2.05) is 54.6 Å². The molecule has 0 bridgehead atoms. The monoisotopic (exact) mass is 595 g/mol. The Morgan fingerprint density at radius 1 is 1.07 bits per heavy atom. The number of aryl methyl sites for hydroxylation is 1. The number of carbonyl (C=O) groups excluding carboxylic acids is 2. The van der Waals surface area contributed by atoms with Crippen LogP contribution >= 0.6 is 11.8 Å². The molecule has 0 spiro atoms. The number of pyridine rings is 1. The molecule has 1 aliphatic rings. The fourth-order valence-electron chi connectivity index (χ4n) is 5.73. The van der Waals surface area contributed by atoms with Gasteiger partial charge in [-0.25, -0.2) is 4.98 Å². The summed E-state index contributed by atoms with van der Waals surface area (Å²) in [5.41, 5.74) is 5.27. The lowest BCUT2D eigenvalue weighted by Gasteiger charge is -2.21. The van der Waals surface area contributed by atoms with Gasteiger partial charge in [-0.05, 0) is 88.2 Å². The van der Waals surface area contributed by atoms with Crippen molar-refractivity contribution in [3.63, 3.8) is 0 Å². The second kappa shape index (κ2) is 14.7. The summed E-state index contributed by atoms with van der Waals surface area (Å²) in [5.74, 6) is 1.91. The van der Waals surface area contributed by atoms with Gasteiger partial charge in [-0.15, -0.1) is 0 Å². The third kappa shape index (κ3) is 8.03. The molecule has 0 aliphatic carbocycles. The van der Waals surface area contributed by atoms with Gasteiger partial charge >= 0.3 is 0 Å². The van der Waals surface area contributed by atoms with Gasteiger partial charge in [0.2, 0.25) is 0 Å². The molecule has 6 nitrogen and oxygen atoms in total. The number of nitrogens with one attached hydrogen (secondary N) is 1. The maximum absolute atomic E-state index is 13.9. The first kappa shape index (κ1) is 30.8. The van der Waals surface area contributed by atoms with E-state index in [-0.39, 0.29) is 11.7 Å². The molecule has 1 aliphatic heterocycles. The Balaban J connectivity index is 1.35. The van der Waals surface area contributed by atoms with Crippen LogP contribution in [-0.4, -0.2) is 60.1 Å². The Kier molecular flexibility index (Phi) is 10.5. The number of hydrogen-bond donors (Lipinski definition) is 1. The van der Waals surface area contributed by atoms with E-state index in [1.54, 1.807) is 18.9 Å². The number of thioether (sulfide) groups is 1. The van der Waals surface area contributed by atoms with E-state index in [9.17, 15) is 9.59 Å². The standard InChI is InChI=1S/C36H41N3O3S/c1-25-13-15-26(16-14-25)23-43-24-34(35(40)12-6-8-28-9-7-21-39(28)2)38-36(41)31-22-33(27-17-19-29(42-3)20-18-27)37-32-11-5-4-10-30(31)32/h4-5,10-11,13-20,22,28,34H,6-9,12,21,23-24H2,1-3H3,(H,38,41). The first-order chi connectivity index (χ1) is 20.9. The molecule has 4 aromatic rings. The third-order valence-corrected chi connectivity index (χ3v) is 9.45. The summed E-state index contributed by atoms with van der Waals surface area (Å²) in [6.45, 7) is 3.21. The van der Waals surface area contributed by atoms with Crippen LogP contribution in [-0.2, 0) is 10.5 Å². The number of fused-ring (bicyclic) bond motifs is 1. The molecule has 5 rings (SSSR count). The van der Waals surface area contributed by atoms with E-state index in [1.165, 1.54) is 24.0 Å². The highest BCUT2D eigenvalue weighted by atomic mass is 32.2. The minimum Gasteiger partial charge on any atom is -0.497 e. The van der Waals surface area contributed by atoms with Gasteiger partial charge in [0.05, 0.1) is 29.9 Å². The molecular formula is C36H41N3O3S. The first-order valence-corrected chi connectivity index (χ1v) is 16.3. The number of ketones is 1. The van der Waals surface area contributed by atoms with E-state index < -0.39 is 6.04 Å². The highest BCUT2D eigenvalue weighted by molar-refractivity contribution is 7.98. The summed E-state index contributed by atoms with van der Waals surface area (Å²) >= 11 is 1.68. The maximum Gasteiger partial charge on any atom is 0.252 e. The molecule has 1 saturated heterocycles. The first-order valence-electron chi connectivity index (χ1n) is 15.1. The molecule has 1 fully saturated rings. The van der Waals surface area contributed by atoms with Crippen molar-refractivity contribution in [3.05, 3.63) is 95.6 Å². The van der Waals surface area contributed by atoms with Crippen LogP contribution in [0.4, 0.5) is 0 Å². The number of likely N-dealkylation sites (tertiary alicyclic amines) is 1. The van der Waals surface area contributed by atoms with Crippen molar-refractivity contribution >= 4 is 34.4 Å². The van der Waals surface area contributed by atoms with Crippen molar-refractivity contribution in [2.75, 3.05) is 26.5 Å². The number of para-hydroxylation sites is 1. The largest absolute Gasteiger partial charge is 0.497 e. The van der Waals surface area contributed by atoms with Crippen LogP contribution in [0.2, 0.25) is 0 Å². The van der Waals surface area contributed by atoms with Crippen LogP contribution in [0.15, 0.2) is 78.9 Å². The quantitative estimate of drug-likeness (QED) is 0.178. The smallest absolute Gasteiger partial charge is 0.252 e. The van der Waals surface area contributed by atoms with Crippen molar-refractivity contribution in [3.8, 4) is 17.0 Å². The maximum atomic E-state index is 13.9. The van der Waals surface area contributed by atoms with E-state index in [2.05, 4.69) is 48.5 Å². The van der Waals surface area contributed by atoms with Gasteiger partial charge in [0, 0.05) is 34.9 Å². The lowest BCUT2D eigenvalue weighted by molar-refractivity contribution is -0.120. The topological polar surface area (TPSA) is 71.5 Å². The number of aromatic nitrogens is 1. The van der Waals surface area contributed by atoms with Crippen LogP contribution < -0.4 is 10.1 Å². The van der Waals surface area contributed by atoms with E-state index >= 15 is 0 Å². The number of benzene rings is 3. The fraction of sp³-hybridized carbons (Fsp3) is 0.361. The molecule has 2 heterocycles. The zero-order chi connectivity index (χ0) is 30.2. The van der Waals surface area contributed by atoms with Crippen molar-refractivity contribution < 1.29 is 14.3 Å². The summed E-state index contributed by atoms with van der Waals surface area (Å²) in [5, 5.41) is 3.90. The fourth-order valence-corrected chi connectivity index (χ4v) is 6.78. The Morgan fingerprint density at radius 2 is 1.84 bits per heavy atom. The lowest BCUT2D eigenvalue weighted by atomic mass is 10.0. The molecule has 0 radical (unpaired) electrons. The van der Waals surface area contributed by atoms with Crippen LogP contribution in [0.3, 0.4) is 0 Å². The number of hydrogen-bond acceptors (Lipinski definition) is 6. The minimum atomic E-state index is -0.569. The average molecular weight is 596 g/mol. The molecule has 1 amide bonds. The molecule has 0 saturated carbocycles. The highest BCUT2D eigenvalue weighted by Crippen LogP contribution is 2.27. The summed E-state index contributed by atoms with van der Waals surface area (Å²) in [4.78, 5) is 34.8. The van der Waals surface area contributed by atoms with Crippen LogP contribution in [0.25, 0.3) is 22.2 Å². The zero-order valence-electron chi connectivity index (χ0n) is 25.3. The van der Waals surface area contributed by atoms with Gasteiger partial charge in [-0.2, -0.15) is 11.8 Å². The normalized spacial score (nSPS) is 15.8. The molecule has 2 unspecified atom stereocenters. The molecule has 1 aromatic heterocycles. The Labute approximate surface area is 259 Å². The van der Waals surface area contributed by atoms with Gasteiger partial charge < -0.3 is 15.0 Å². The Bertz CT molecular complexity index is 1540. The Hall–Kier alpha value is -3.68. The molecule has 224 valence electrons. The highest BCUT2D eigenvalue weighted by Gasteiger charge is 2.25. The number of Topliss-reactive ketones (excluding diaryl/α,β-unsaturated/α-hetero) is 1. The average Bonchev–Trinajstić information content (AvgIpc) is 3.44. The number of nitrogens with zero attached hydrogens (tertiary/aromatic N) is 2. The molecule has 3 aromatic carbocycles. The van der Waals surface area contributed by atoms with Crippen molar-refractivity contribution in [2.24, 2.45) is 0 Å². The lowest BCUT2D eigenvalue weighted by Crippen LogP contribution is -2.43. The zero-order valence-corrected chi connectivity index (χ0v) is 26.2. The summed E-state index contributed by atoms with van der Waals surface area (Å²) in [6, 6.07) is 25.6. The molecule has 7 heteroatoms. The summed E-state index contributed by atoms with van der Waals surface area (Å²) in [7, 11) is 3.80. The number of methoxy groups -OCH3 is 1. The van der Waals surface area contributed by atoms with Crippen molar-refractivity contribution in [1.82, 2.24) is 15.2 Å². The van der Waals surface area contributed by atoms with Gasteiger partial charge in [-0.3, -0.25) is 9.59 Å². The number of amides is 1. The van der Waals surface area contributed by atoms with Gasteiger partial charge in [0.1, 0.15) is 5.75 Å². The van der Waals surface area contributed by atoms with E-state index in [4.69, 9.17) is 9.72 Å². The molecule has 2 atom stereocenters. The second-order valence-corrected chi connectivity index (χ2v) is 12.5. The number of carbonyl (C=O) groups is 2. The van der Waals surface area contributed by atoms with E-state index in [0.717, 1.165) is 47.4 Å². The number of rotatable bonds is 13. The Morgan fingerprint density at radius 3 is 2.56 bits per heavy atom. The van der Waals surface area contributed by atoms with Crippen LogP contribution in [0.1, 0.15) is 53.6 Å². The predicted octanol–water partition coefficient (Wildman–Crippen LogP) is 7.08. The van der Waals surface area contributed by atoms with Crippen LogP contribution in [0, 0.1) is 6.92 Å². The van der Waals surface area contributed by atoms with Gasteiger partial charge in [-0.1, -0.05) is 48.0 Å². The van der Waals surface area contributed by atoms with Crippen LogP contribution in [0.5, 0.6) is 5.75 Å². The molecule has 1 N–H and O–H groups in total. The van der Waals surface area contributed by atoms with Gasteiger partial charge in [0.25, 0.3) is 5.91 Å². The SMILES string of the molecule is COc1ccc(-c2cc(C(=O)NC(CSCc3ccc(C)cc3)C(=O)CCCC3CCCN3C)c3ccccc3n2)cc1. The minimum absolute atomic E-state index is 0.0964. The van der Waals surface area contributed by atoms with Crippen molar-refractivity contribution in [2.45, 2.75) is 56.9 Å². The van der Waals surface area contributed by atoms with E-state index in [0.29, 0.717) is 29.5 Å². The van der Waals surface area contributed by atoms with Crippen molar-refractivity contribution in [1.29, 1.82) is 0 Å². The summed E-state index contributed by atoms with van der Waals surface area (Å²) < 4.78 is 5.31. The summed E-state index contributed by atoms with van der Waals surface area (Å²) in [6.07, 6.45) is 4.74. The molecular weight excluding hydrogens is 554 g/mol. The molecule has 43 heavy (non-hydrogen) atoms.